The van der Waals surface area contributed by atoms with Gasteiger partial charge in [-0.15, -0.1) is 0 Å². The average Bonchev–Trinajstić information content (AvgIpc) is 2.45. The maximum absolute atomic E-state index is 10.5. The Balaban J connectivity index is 1.75. The van der Waals surface area contributed by atoms with Crippen LogP contribution >= 0.6 is 0 Å². The van der Waals surface area contributed by atoms with Crippen molar-refractivity contribution in [2.75, 3.05) is 18.5 Å². The fourth-order valence-electron chi connectivity index (χ4n) is 1.46. The second kappa shape index (κ2) is 6.34. The highest BCUT2D eigenvalue weighted by Crippen LogP contribution is 2.11. The smallest absolute Gasteiger partial charge is 0.287 e. The maximum atomic E-state index is 10.5. The first-order chi connectivity index (χ1) is 9.25. The van der Waals surface area contributed by atoms with Gasteiger partial charge in [0.15, 0.2) is 0 Å². The molecular formula is C13H13N3O3. The first-order valence-electron chi connectivity index (χ1n) is 5.78. The highest BCUT2D eigenvalue weighted by atomic mass is 16.6. The summed E-state index contributed by atoms with van der Waals surface area (Å²) in [6, 6.07) is 12.5. The number of anilines is 1. The summed E-state index contributed by atoms with van der Waals surface area (Å²) >= 11 is 0. The third-order valence-corrected chi connectivity index (χ3v) is 2.38. The van der Waals surface area contributed by atoms with Crippen LogP contribution in [0.2, 0.25) is 0 Å². The van der Waals surface area contributed by atoms with E-state index in [1.54, 1.807) is 6.07 Å². The van der Waals surface area contributed by atoms with Crippen LogP contribution in [-0.2, 0) is 0 Å². The van der Waals surface area contributed by atoms with Crippen LogP contribution in [0, 0.1) is 10.1 Å². The number of nitrogens with one attached hydrogen (secondary N) is 1. The van der Waals surface area contributed by atoms with E-state index in [0.29, 0.717) is 19.0 Å². The van der Waals surface area contributed by atoms with E-state index in [1.807, 2.05) is 30.3 Å². The average molecular weight is 259 g/mol. The Morgan fingerprint density at radius 2 is 2.00 bits per heavy atom. The van der Waals surface area contributed by atoms with Crippen LogP contribution in [0.4, 0.5) is 11.5 Å². The molecule has 0 fully saturated rings. The van der Waals surface area contributed by atoms with Gasteiger partial charge in [0, 0.05) is 6.07 Å². The molecule has 98 valence electrons. The zero-order chi connectivity index (χ0) is 13.5. The molecule has 0 unspecified atom stereocenters. The van der Waals surface area contributed by atoms with Crippen molar-refractivity contribution in [3.8, 4) is 5.75 Å². The van der Waals surface area contributed by atoms with Crippen LogP contribution in [0.5, 0.6) is 5.75 Å². The number of para-hydroxylation sites is 1. The van der Waals surface area contributed by atoms with Crippen LogP contribution in [0.15, 0.2) is 48.7 Å². The van der Waals surface area contributed by atoms with Crippen molar-refractivity contribution in [2.24, 2.45) is 0 Å². The molecule has 0 aliphatic carbocycles. The third kappa shape index (κ3) is 3.95. The first kappa shape index (κ1) is 12.8. The van der Waals surface area contributed by atoms with Crippen molar-refractivity contribution in [1.82, 2.24) is 4.98 Å². The quantitative estimate of drug-likeness (QED) is 0.490. The van der Waals surface area contributed by atoms with E-state index >= 15 is 0 Å². The zero-order valence-electron chi connectivity index (χ0n) is 10.2. The van der Waals surface area contributed by atoms with Gasteiger partial charge in [-0.3, -0.25) is 10.1 Å². The van der Waals surface area contributed by atoms with Gasteiger partial charge in [-0.2, -0.15) is 0 Å². The van der Waals surface area contributed by atoms with Crippen molar-refractivity contribution >= 4 is 11.5 Å². The minimum Gasteiger partial charge on any atom is -0.492 e. The molecule has 1 aromatic heterocycles. The van der Waals surface area contributed by atoms with E-state index in [1.165, 1.54) is 12.3 Å². The minimum absolute atomic E-state index is 0.0221. The summed E-state index contributed by atoms with van der Waals surface area (Å²) < 4.78 is 5.49. The predicted molar refractivity (Wildman–Crippen MR) is 71.3 cm³/mol. The van der Waals surface area contributed by atoms with E-state index in [-0.39, 0.29) is 5.69 Å². The molecule has 0 spiro atoms. The van der Waals surface area contributed by atoms with E-state index in [0.717, 1.165) is 5.75 Å². The van der Waals surface area contributed by atoms with Gasteiger partial charge in [-0.05, 0) is 18.2 Å². The molecule has 0 radical (unpaired) electrons. The standard InChI is InChI=1S/C13H13N3O3/c17-16(18)11-6-7-13(15-10-11)14-8-9-19-12-4-2-1-3-5-12/h1-7,10H,8-9H2,(H,14,15). The Hall–Kier alpha value is -2.63. The van der Waals surface area contributed by atoms with E-state index in [9.17, 15) is 10.1 Å². The molecule has 1 heterocycles. The molecule has 19 heavy (non-hydrogen) atoms. The fraction of sp³-hybridized carbons (Fsp3) is 0.154. The van der Waals surface area contributed by atoms with E-state index < -0.39 is 4.92 Å². The van der Waals surface area contributed by atoms with Gasteiger partial charge in [0.05, 0.1) is 11.5 Å². The van der Waals surface area contributed by atoms with E-state index in [2.05, 4.69) is 10.3 Å². The number of hydrogen-bond acceptors (Lipinski definition) is 5. The van der Waals surface area contributed by atoms with Crippen LogP contribution in [0.3, 0.4) is 0 Å². The highest BCUT2D eigenvalue weighted by Gasteiger charge is 2.04. The summed E-state index contributed by atoms with van der Waals surface area (Å²) in [5.74, 6) is 1.39. The van der Waals surface area contributed by atoms with Gasteiger partial charge in [0.2, 0.25) is 0 Å². The monoisotopic (exact) mass is 259 g/mol. The van der Waals surface area contributed by atoms with Crippen LogP contribution in [0.25, 0.3) is 0 Å². The molecule has 0 saturated heterocycles. The number of hydrogen-bond donors (Lipinski definition) is 1. The Morgan fingerprint density at radius 3 is 2.63 bits per heavy atom. The largest absolute Gasteiger partial charge is 0.492 e. The number of rotatable bonds is 6. The summed E-state index contributed by atoms with van der Waals surface area (Å²) in [5.41, 5.74) is -0.0221. The van der Waals surface area contributed by atoms with Gasteiger partial charge < -0.3 is 10.1 Å². The van der Waals surface area contributed by atoms with Crippen molar-refractivity contribution in [3.05, 3.63) is 58.8 Å². The topological polar surface area (TPSA) is 77.3 Å². The molecule has 0 bridgehead atoms. The van der Waals surface area contributed by atoms with Gasteiger partial charge in [-0.1, -0.05) is 18.2 Å². The molecule has 0 aliphatic heterocycles. The van der Waals surface area contributed by atoms with Gasteiger partial charge in [-0.25, -0.2) is 4.98 Å². The van der Waals surface area contributed by atoms with Gasteiger partial charge in [0.1, 0.15) is 24.4 Å². The Morgan fingerprint density at radius 1 is 1.21 bits per heavy atom. The van der Waals surface area contributed by atoms with Crippen molar-refractivity contribution in [3.63, 3.8) is 0 Å². The maximum Gasteiger partial charge on any atom is 0.287 e. The van der Waals surface area contributed by atoms with Crippen molar-refractivity contribution < 1.29 is 9.66 Å². The second-order valence-electron chi connectivity index (χ2n) is 3.75. The normalized spacial score (nSPS) is 9.89. The Kier molecular flexibility index (Phi) is 4.28. The molecular weight excluding hydrogens is 246 g/mol. The molecule has 0 aliphatic rings. The fourth-order valence-corrected chi connectivity index (χ4v) is 1.46. The van der Waals surface area contributed by atoms with Crippen LogP contribution < -0.4 is 10.1 Å². The molecule has 0 amide bonds. The SMILES string of the molecule is O=[N+]([O-])c1ccc(NCCOc2ccccc2)nc1. The van der Waals surface area contributed by atoms with Gasteiger partial charge in [0.25, 0.3) is 5.69 Å². The molecule has 1 aromatic carbocycles. The number of nitro groups is 1. The molecule has 1 N–H and O–H groups in total. The summed E-state index contributed by atoms with van der Waals surface area (Å²) in [5, 5.41) is 13.5. The number of nitrogens with zero attached hydrogens (tertiary/aromatic N) is 2. The Bertz CT molecular complexity index is 529. The molecule has 2 aromatic rings. The van der Waals surface area contributed by atoms with Crippen molar-refractivity contribution in [1.29, 1.82) is 0 Å². The van der Waals surface area contributed by atoms with E-state index in [4.69, 9.17) is 4.74 Å². The van der Waals surface area contributed by atoms with Crippen LogP contribution in [-0.4, -0.2) is 23.1 Å². The number of pyridine rings is 1. The van der Waals surface area contributed by atoms with Crippen molar-refractivity contribution in [2.45, 2.75) is 0 Å². The summed E-state index contributed by atoms with van der Waals surface area (Å²) in [6.07, 6.45) is 1.22. The first-order valence-corrected chi connectivity index (χ1v) is 5.78. The summed E-state index contributed by atoms with van der Waals surface area (Å²) in [6.45, 7) is 1.06. The molecule has 6 heteroatoms. The third-order valence-electron chi connectivity index (χ3n) is 2.38. The molecule has 2 rings (SSSR count). The lowest BCUT2D eigenvalue weighted by Gasteiger charge is -2.07. The van der Waals surface area contributed by atoms with Crippen LogP contribution in [0.1, 0.15) is 0 Å². The molecule has 0 saturated carbocycles. The summed E-state index contributed by atoms with van der Waals surface area (Å²) in [4.78, 5) is 13.9. The summed E-state index contributed by atoms with van der Waals surface area (Å²) in [7, 11) is 0. The molecule has 0 atom stereocenters. The predicted octanol–water partition coefficient (Wildman–Crippen LogP) is 2.48. The zero-order valence-corrected chi connectivity index (χ0v) is 10.2. The van der Waals surface area contributed by atoms with Gasteiger partial charge >= 0.3 is 0 Å². The lowest BCUT2D eigenvalue weighted by Crippen LogP contribution is -2.12. The lowest BCUT2D eigenvalue weighted by atomic mass is 10.3. The number of ether oxygens (including phenoxy) is 1. The number of aromatic nitrogens is 1. The molecule has 6 nitrogen and oxygen atoms in total. The second-order valence-corrected chi connectivity index (χ2v) is 3.75. The highest BCUT2D eigenvalue weighted by molar-refractivity contribution is 5.40. The Labute approximate surface area is 110 Å². The lowest BCUT2D eigenvalue weighted by molar-refractivity contribution is -0.385. The number of benzene rings is 1. The minimum atomic E-state index is -0.477.